The third-order valence-corrected chi connectivity index (χ3v) is 6.14. The molecule has 2 fully saturated rings. The van der Waals surface area contributed by atoms with Crippen LogP contribution in [0.15, 0.2) is 24.5 Å². The summed E-state index contributed by atoms with van der Waals surface area (Å²) in [4.78, 5) is 28.0. The number of aliphatic hydroxyl groups is 1. The first-order valence-electron chi connectivity index (χ1n) is 10.4. The van der Waals surface area contributed by atoms with Gasteiger partial charge in [-0.15, -0.1) is 0 Å². The summed E-state index contributed by atoms with van der Waals surface area (Å²) in [5, 5.41) is 18.2. The van der Waals surface area contributed by atoms with Gasteiger partial charge < -0.3 is 19.8 Å². The summed E-state index contributed by atoms with van der Waals surface area (Å²) in [6.45, 7) is 4.62. The second-order valence-corrected chi connectivity index (χ2v) is 8.72. The first kappa shape index (κ1) is 20.5. The van der Waals surface area contributed by atoms with E-state index in [2.05, 4.69) is 20.1 Å². The number of carbonyl (C=O) groups excluding carboxylic acids is 1. The molecule has 1 atom stereocenters. The third-order valence-electron chi connectivity index (χ3n) is 6.14. The number of aromatic nitrogens is 4. The highest BCUT2D eigenvalue weighted by Gasteiger charge is 2.43. The van der Waals surface area contributed by atoms with Gasteiger partial charge in [0.05, 0.1) is 24.1 Å². The van der Waals surface area contributed by atoms with Crippen molar-refractivity contribution in [3.05, 3.63) is 35.8 Å². The van der Waals surface area contributed by atoms with Gasteiger partial charge >= 0.3 is 0 Å². The molecule has 4 heterocycles. The van der Waals surface area contributed by atoms with Gasteiger partial charge in [0.1, 0.15) is 5.82 Å². The topological polar surface area (TPSA) is 98.6 Å². The normalized spacial score (nSPS) is 21.0. The molecule has 0 saturated carbocycles. The maximum absolute atomic E-state index is 12.7. The molecule has 0 aromatic carbocycles. The third kappa shape index (κ3) is 4.21. The van der Waals surface area contributed by atoms with Crippen LogP contribution in [-0.2, 0) is 0 Å². The molecule has 160 valence electrons. The lowest BCUT2D eigenvalue weighted by Gasteiger charge is -2.49. The molecule has 0 radical (unpaired) electrons. The van der Waals surface area contributed by atoms with Crippen molar-refractivity contribution >= 4 is 17.7 Å². The number of likely N-dealkylation sites (tertiary alicyclic amines) is 1. The van der Waals surface area contributed by atoms with E-state index in [1.807, 2.05) is 36.9 Å². The van der Waals surface area contributed by atoms with Crippen molar-refractivity contribution in [2.45, 2.75) is 32.3 Å². The number of aryl methyl sites for hydroxylation is 1. The molecule has 2 aromatic heterocycles. The number of aliphatic hydroxyl groups excluding tert-OH is 1. The Morgan fingerprint density at radius 2 is 2.00 bits per heavy atom. The molecule has 30 heavy (non-hydrogen) atoms. The standard InChI is InChI=1S/C21H29N7O2/c1-15-10-18(26(2)3)25-20(24-15)28-13-17(29)11-21(14-28)5-8-27(9-6-21)19(30)16-4-7-22-23-12-16/h4,7,10,12,17,29H,5-6,8-9,11,13-14H2,1-3H3. The fraction of sp³-hybridized carbons (Fsp3) is 0.571. The zero-order valence-corrected chi connectivity index (χ0v) is 17.8. The van der Waals surface area contributed by atoms with Gasteiger partial charge in [0.2, 0.25) is 5.95 Å². The van der Waals surface area contributed by atoms with E-state index in [-0.39, 0.29) is 11.3 Å². The number of hydrogen-bond donors (Lipinski definition) is 1. The minimum absolute atomic E-state index is 0.00870. The largest absolute Gasteiger partial charge is 0.391 e. The summed E-state index contributed by atoms with van der Waals surface area (Å²) in [5.74, 6) is 1.52. The lowest BCUT2D eigenvalue weighted by Crippen LogP contribution is -2.55. The van der Waals surface area contributed by atoms with Crippen molar-refractivity contribution in [3.8, 4) is 0 Å². The molecule has 1 spiro atoms. The average molecular weight is 412 g/mol. The number of amides is 1. The summed E-state index contributed by atoms with van der Waals surface area (Å²) in [7, 11) is 3.92. The molecule has 0 bridgehead atoms. The second kappa shape index (κ2) is 8.14. The van der Waals surface area contributed by atoms with Crippen LogP contribution in [0, 0.1) is 12.3 Å². The van der Waals surface area contributed by atoms with Gasteiger partial charge in [0.15, 0.2) is 0 Å². The number of nitrogens with zero attached hydrogens (tertiary/aromatic N) is 7. The van der Waals surface area contributed by atoms with Crippen molar-refractivity contribution in [3.63, 3.8) is 0 Å². The summed E-state index contributed by atoms with van der Waals surface area (Å²) >= 11 is 0. The Kier molecular flexibility index (Phi) is 5.55. The number of carbonyl (C=O) groups is 1. The monoisotopic (exact) mass is 411 g/mol. The molecule has 1 amide bonds. The van der Waals surface area contributed by atoms with Gasteiger partial charge in [0.25, 0.3) is 5.91 Å². The zero-order chi connectivity index (χ0) is 21.3. The highest BCUT2D eigenvalue weighted by atomic mass is 16.3. The highest BCUT2D eigenvalue weighted by Crippen LogP contribution is 2.41. The van der Waals surface area contributed by atoms with Gasteiger partial charge in [-0.1, -0.05) is 0 Å². The molecule has 1 unspecified atom stereocenters. The molecule has 2 aliphatic rings. The quantitative estimate of drug-likeness (QED) is 0.803. The minimum Gasteiger partial charge on any atom is -0.391 e. The van der Waals surface area contributed by atoms with Crippen LogP contribution in [0.25, 0.3) is 0 Å². The lowest BCUT2D eigenvalue weighted by atomic mass is 9.71. The van der Waals surface area contributed by atoms with Gasteiger partial charge in [-0.2, -0.15) is 15.2 Å². The van der Waals surface area contributed by atoms with Crippen molar-refractivity contribution in [2.24, 2.45) is 5.41 Å². The van der Waals surface area contributed by atoms with E-state index < -0.39 is 6.10 Å². The van der Waals surface area contributed by atoms with Crippen LogP contribution < -0.4 is 9.80 Å². The molecule has 2 saturated heterocycles. The first-order valence-corrected chi connectivity index (χ1v) is 10.4. The van der Waals surface area contributed by atoms with E-state index in [0.717, 1.165) is 37.3 Å². The van der Waals surface area contributed by atoms with Crippen molar-refractivity contribution in [2.75, 3.05) is 50.1 Å². The summed E-state index contributed by atoms with van der Waals surface area (Å²) in [6, 6.07) is 3.65. The van der Waals surface area contributed by atoms with Crippen molar-refractivity contribution in [1.82, 2.24) is 25.1 Å². The van der Waals surface area contributed by atoms with E-state index in [4.69, 9.17) is 4.98 Å². The Hall–Kier alpha value is -2.81. The SMILES string of the molecule is Cc1cc(N(C)C)nc(N2CC(O)CC3(CCN(C(=O)c4ccnnc4)CC3)C2)n1. The predicted octanol–water partition coefficient (Wildman–Crippen LogP) is 1.13. The summed E-state index contributed by atoms with van der Waals surface area (Å²) < 4.78 is 0. The van der Waals surface area contributed by atoms with Gasteiger partial charge in [-0.05, 0) is 37.7 Å². The Bertz CT molecular complexity index is 897. The van der Waals surface area contributed by atoms with Crippen molar-refractivity contribution < 1.29 is 9.90 Å². The number of anilines is 2. The lowest BCUT2D eigenvalue weighted by molar-refractivity contribution is 0.0244. The van der Waals surface area contributed by atoms with E-state index in [9.17, 15) is 9.90 Å². The van der Waals surface area contributed by atoms with Crippen LogP contribution in [0.2, 0.25) is 0 Å². The maximum atomic E-state index is 12.7. The van der Waals surface area contributed by atoms with Crippen LogP contribution in [0.5, 0.6) is 0 Å². The Morgan fingerprint density at radius 3 is 2.67 bits per heavy atom. The predicted molar refractivity (Wildman–Crippen MR) is 114 cm³/mol. The van der Waals surface area contributed by atoms with Crippen LogP contribution in [0.3, 0.4) is 0 Å². The fourth-order valence-corrected chi connectivity index (χ4v) is 4.56. The molecule has 2 aromatic rings. The minimum atomic E-state index is -0.433. The molecule has 0 aliphatic carbocycles. The average Bonchev–Trinajstić information content (AvgIpc) is 2.73. The molecule has 1 N–H and O–H groups in total. The fourth-order valence-electron chi connectivity index (χ4n) is 4.56. The zero-order valence-electron chi connectivity index (χ0n) is 17.8. The highest BCUT2D eigenvalue weighted by molar-refractivity contribution is 5.93. The Balaban J connectivity index is 1.48. The van der Waals surface area contributed by atoms with E-state index in [1.165, 1.54) is 12.4 Å². The molecule has 9 nitrogen and oxygen atoms in total. The summed E-state index contributed by atoms with van der Waals surface area (Å²) in [5.41, 5.74) is 1.43. The Morgan fingerprint density at radius 1 is 1.23 bits per heavy atom. The van der Waals surface area contributed by atoms with E-state index >= 15 is 0 Å². The molecule has 4 rings (SSSR count). The second-order valence-electron chi connectivity index (χ2n) is 8.72. The van der Waals surface area contributed by atoms with E-state index in [1.54, 1.807) is 6.07 Å². The molecule has 9 heteroatoms. The number of piperidine rings is 2. The molecular weight excluding hydrogens is 382 g/mol. The van der Waals surface area contributed by atoms with Crippen LogP contribution in [0.4, 0.5) is 11.8 Å². The number of β-amino-alcohol motifs (C(OH)–C–C–N with tert-alkyl or cyclic N) is 1. The van der Waals surface area contributed by atoms with E-state index in [0.29, 0.717) is 31.1 Å². The Labute approximate surface area is 176 Å². The van der Waals surface area contributed by atoms with Crippen LogP contribution >= 0.6 is 0 Å². The number of hydrogen-bond acceptors (Lipinski definition) is 8. The summed E-state index contributed by atoms with van der Waals surface area (Å²) in [6.07, 6.45) is 5.05. The molecule has 2 aliphatic heterocycles. The number of rotatable bonds is 3. The van der Waals surface area contributed by atoms with Crippen LogP contribution in [-0.4, -0.2) is 82.5 Å². The first-order chi connectivity index (χ1) is 14.3. The van der Waals surface area contributed by atoms with Gasteiger partial charge in [-0.3, -0.25) is 4.79 Å². The molecular formula is C21H29N7O2. The van der Waals surface area contributed by atoms with Crippen molar-refractivity contribution in [1.29, 1.82) is 0 Å². The van der Waals surface area contributed by atoms with Crippen LogP contribution in [0.1, 0.15) is 35.3 Å². The smallest absolute Gasteiger partial charge is 0.255 e. The maximum Gasteiger partial charge on any atom is 0.255 e. The van der Waals surface area contributed by atoms with Gasteiger partial charge in [-0.25, -0.2) is 4.98 Å². The van der Waals surface area contributed by atoms with Gasteiger partial charge in [0, 0.05) is 52.0 Å².